The van der Waals surface area contributed by atoms with Crippen LogP contribution in [-0.2, 0) is 6.37 Å². The lowest BCUT2D eigenvalue weighted by Gasteiger charge is -2.20. The minimum absolute atomic E-state index is 0.139. The third kappa shape index (κ3) is 7.60. The van der Waals surface area contributed by atoms with Crippen LogP contribution in [0.2, 0.25) is 0 Å². The quantitative estimate of drug-likeness (QED) is 0.146. The molecule has 0 atom stereocenters. The standard InChI is InChI=1S/C52H44N4O/c1-52(2,3)35-36-30-31-53-50(32-36)56-48-27-13-10-22-44(48)45-29-28-41(34-49(45)56)57-40-21-14-20-39(33-40)54-46-25-11-12-26-47(46)55-51-42(37-16-6-4-7-17-37)23-15-24-43(51)38-18-8-5-9-19-38/h4-34,54-55H,35H2,1-3H3/i4D,5D,6D,7D,8D,9D,16D,17D,18D,19D,35D2. The van der Waals surface area contributed by atoms with E-state index >= 15 is 0 Å². The number of hydrogen-bond acceptors (Lipinski definition) is 4. The van der Waals surface area contributed by atoms with Crippen LogP contribution in [0.1, 0.15) is 42.8 Å². The number of fused-ring (bicyclic) bond motifs is 3. The second-order valence-corrected chi connectivity index (χ2v) is 14.5. The molecule has 9 aromatic rings. The highest BCUT2D eigenvalue weighted by molar-refractivity contribution is 6.09. The fraction of sp³-hybridized carbons (Fsp3) is 0.0962. The summed E-state index contributed by atoms with van der Waals surface area (Å²) in [6, 6.07) is 31.2. The van der Waals surface area contributed by atoms with Gasteiger partial charge in [-0.15, -0.1) is 0 Å². The first kappa shape index (κ1) is 24.4. The lowest BCUT2D eigenvalue weighted by atomic mass is 9.88. The Morgan fingerprint density at radius 2 is 1.25 bits per heavy atom. The first-order valence-electron chi connectivity index (χ1n) is 24.5. The highest BCUT2D eigenvalue weighted by Crippen LogP contribution is 2.41. The van der Waals surface area contributed by atoms with Crippen LogP contribution < -0.4 is 15.4 Å². The molecule has 0 bridgehead atoms. The van der Waals surface area contributed by atoms with Gasteiger partial charge in [-0.05, 0) is 83.1 Å². The minimum atomic E-state index is -1.64. The number of rotatable bonds is 10. The monoisotopic (exact) mass is 752 g/mol. The smallest absolute Gasteiger partial charge is 0.137 e. The Hall–Kier alpha value is -7.11. The third-order valence-electron chi connectivity index (χ3n) is 9.28. The summed E-state index contributed by atoms with van der Waals surface area (Å²) >= 11 is 0. The molecule has 0 amide bonds. The highest BCUT2D eigenvalue weighted by Gasteiger charge is 2.18. The topological polar surface area (TPSA) is 51.1 Å². The predicted octanol–water partition coefficient (Wildman–Crippen LogP) is 14.4. The van der Waals surface area contributed by atoms with Crippen molar-refractivity contribution in [3.8, 4) is 39.6 Å². The Kier molecular flexibility index (Phi) is 6.51. The Morgan fingerprint density at radius 3 is 1.96 bits per heavy atom. The number of aromatic nitrogens is 2. The maximum Gasteiger partial charge on any atom is 0.137 e. The lowest BCUT2D eigenvalue weighted by molar-refractivity contribution is 0.411. The molecule has 0 aliphatic heterocycles. The average molecular weight is 753 g/mol. The van der Waals surface area contributed by atoms with E-state index in [2.05, 4.69) is 10.6 Å². The molecule has 7 aromatic carbocycles. The van der Waals surface area contributed by atoms with E-state index in [-0.39, 0.29) is 27.9 Å². The van der Waals surface area contributed by atoms with Crippen LogP contribution in [0.15, 0.2) is 188 Å². The Balaban J connectivity index is 1.09. The van der Waals surface area contributed by atoms with Crippen LogP contribution in [0.3, 0.4) is 0 Å². The van der Waals surface area contributed by atoms with E-state index in [0.717, 1.165) is 21.8 Å². The van der Waals surface area contributed by atoms with E-state index in [0.29, 0.717) is 39.9 Å². The van der Waals surface area contributed by atoms with Gasteiger partial charge in [0.2, 0.25) is 0 Å². The number of nitrogens with one attached hydrogen (secondary N) is 2. The summed E-state index contributed by atoms with van der Waals surface area (Å²) in [5.74, 6) is 1.61. The molecule has 0 aliphatic carbocycles. The zero-order chi connectivity index (χ0) is 49.3. The number of anilines is 4. The van der Waals surface area contributed by atoms with Crippen molar-refractivity contribution >= 4 is 44.6 Å². The van der Waals surface area contributed by atoms with Crippen LogP contribution in [-0.4, -0.2) is 9.55 Å². The number of pyridine rings is 1. The zero-order valence-corrected chi connectivity index (χ0v) is 31.4. The Labute approximate surface area is 351 Å². The van der Waals surface area contributed by atoms with Gasteiger partial charge in [0.15, 0.2) is 0 Å². The SMILES string of the molecule is [2H]c1c([2H])c([2H])c(-c2cccc(-c3c([2H])c([2H])c([2H])c([2H])c3[2H])c2Nc2ccccc2Nc2cccc(Oc3ccc4c5ccccc5n(-c5cc(C([2H])([2H])C(C)(C)C)ccn5)c4c3)c2)c([2H])c1[2H]. The largest absolute Gasteiger partial charge is 0.457 e. The van der Waals surface area contributed by atoms with E-state index in [1.165, 1.54) is 0 Å². The molecule has 0 fully saturated rings. The van der Waals surface area contributed by atoms with Crippen molar-refractivity contribution in [3.63, 3.8) is 0 Å². The van der Waals surface area contributed by atoms with E-state index in [1.54, 1.807) is 54.7 Å². The van der Waals surface area contributed by atoms with Crippen LogP contribution in [0.5, 0.6) is 11.5 Å². The van der Waals surface area contributed by atoms with Crippen molar-refractivity contribution in [2.45, 2.75) is 27.1 Å². The van der Waals surface area contributed by atoms with Crippen molar-refractivity contribution in [1.29, 1.82) is 0 Å². The molecule has 0 unspecified atom stereocenters. The molecule has 278 valence electrons. The molecule has 0 spiro atoms. The first-order valence-corrected chi connectivity index (χ1v) is 18.5. The van der Waals surface area contributed by atoms with Gasteiger partial charge in [0.05, 0.1) is 41.8 Å². The van der Waals surface area contributed by atoms with Gasteiger partial charge in [-0.25, -0.2) is 4.98 Å². The van der Waals surface area contributed by atoms with Crippen molar-refractivity contribution < 1.29 is 21.2 Å². The van der Waals surface area contributed by atoms with E-state index in [4.69, 9.17) is 26.2 Å². The van der Waals surface area contributed by atoms with Crippen LogP contribution in [0.4, 0.5) is 22.7 Å². The Morgan fingerprint density at radius 1 is 0.614 bits per heavy atom. The maximum atomic E-state index is 8.97. The molecular formula is C52H44N4O. The van der Waals surface area contributed by atoms with Crippen LogP contribution >= 0.6 is 0 Å². The van der Waals surface area contributed by atoms with Gasteiger partial charge < -0.3 is 15.4 Å². The molecule has 0 radical (unpaired) electrons. The number of ether oxygens (including phenoxy) is 1. The lowest BCUT2D eigenvalue weighted by Crippen LogP contribution is -2.10. The maximum absolute atomic E-state index is 8.97. The number of para-hydroxylation sites is 4. The molecule has 9 rings (SSSR count). The summed E-state index contributed by atoms with van der Waals surface area (Å²) in [5, 5.41) is 8.77. The summed E-state index contributed by atoms with van der Waals surface area (Å²) in [5.41, 5.74) is 3.33. The molecule has 2 N–H and O–H groups in total. The van der Waals surface area contributed by atoms with Gasteiger partial charge in [0.1, 0.15) is 17.3 Å². The van der Waals surface area contributed by atoms with Gasteiger partial charge in [-0.1, -0.05) is 136 Å². The normalized spacial score (nSPS) is 14.7. The zero-order valence-electron chi connectivity index (χ0n) is 43.4. The number of benzene rings is 7. The summed E-state index contributed by atoms with van der Waals surface area (Å²) in [4.78, 5) is 4.72. The third-order valence-corrected chi connectivity index (χ3v) is 9.28. The summed E-state index contributed by atoms with van der Waals surface area (Å²) < 4.78 is 112. The van der Waals surface area contributed by atoms with Crippen LogP contribution in [0.25, 0.3) is 49.9 Å². The molecule has 5 heteroatoms. The minimum Gasteiger partial charge on any atom is -0.457 e. The number of hydrogen-bond donors (Lipinski definition) is 2. The summed E-state index contributed by atoms with van der Waals surface area (Å²) in [6.45, 7) is 5.63. The molecule has 57 heavy (non-hydrogen) atoms. The fourth-order valence-corrected chi connectivity index (χ4v) is 6.95. The summed E-state index contributed by atoms with van der Waals surface area (Å²) in [6.07, 6.45) is 0.00311. The second-order valence-electron chi connectivity index (χ2n) is 14.5. The highest BCUT2D eigenvalue weighted by atomic mass is 16.5. The second kappa shape index (κ2) is 15.2. The van der Waals surface area contributed by atoms with Gasteiger partial charge in [0, 0.05) is 48.7 Å². The molecular weight excluding hydrogens is 697 g/mol. The number of nitrogens with zero attached hydrogens (tertiary/aromatic N) is 2. The molecule has 0 aliphatic rings. The summed E-state index contributed by atoms with van der Waals surface area (Å²) in [7, 11) is 0. The van der Waals surface area contributed by atoms with E-state index < -0.39 is 72.2 Å². The average Bonchev–Trinajstić information content (AvgIpc) is 3.66. The molecule has 2 aromatic heterocycles. The van der Waals surface area contributed by atoms with Gasteiger partial charge in [-0.3, -0.25) is 4.57 Å². The molecule has 5 nitrogen and oxygen atoms in total. The molecule has 0 saturated heterocycles. The van der Waals surface area contributed by atoms with Crippen molar-refractivity contribution in [1.82, 2.24) is 9.55 Å². The first-order chi connectivity index (χ1) is 32.8. The van der Waals surface area contributed by atoms with E-state index in [9.17, 15) is 0 Å². The van der Waals surface area contributed by atoms with Gasteiger partial charge in [-0.2, -0.15) is 0 Å². The fourth-order valence-electron chi connectivity index (χ4n) is 6.95. The van der Waals surface area contributed by atoms with Gasteiger partial charge in [0.25, 0.3) is 0 Å². The molecule has 2 heterocycles. The predicted molar refractivity (Wildman–Crippen MR) is 239 cm³/mol. The molecule has 0 saturated carbocycles. The van der Waals surface area contributed by atoms with Crippen LogP contribution in [0, 0.1) is 5.41 Å². The van der Waals surface area contributed by atoms with Crippen molar-refractivity contribution in [2.24, 2.45) is 5.41 Å². The van der Waals surface area contributed by atoms with Crippen molar-refractivity contribution in [3.05, 3.63) is 194 Å². The van der Waals surface area contributed by atoms with Crippen molar-refractivity contribution in [2.75, 3.05) is 10.6 Å². The van der Waals surface area contributed by atoms with Gasteiger partial charge >= 0.3 is 0 Å². The van der Waals surface area contributed by atoms with E-state index in [1.807, 2.05) is 98.1 Å². The Bertz CT molecular complexity index is 3390.